The lowest BCUT2D eigenvalue weighted by molar-refractivity contribution is -0.119. The molecule has 0 spiro atoms. The van der Waals surface area contributed by atoms with Crippen LogP contribution in [0.25, 0.3) is 0 Å². The Balaban J connectivity index is 1.63. The number of carbonyl (C=O) groups is 1. The fourth-order valence-corrected chi connectivity index (χ4v) is 3.76. The SMILES string of the molecule is CCC(=O)N(c1ccc(C)cc1)C1CCN(Cc2ccc(OC)cc2)CC1. The molecular formula is C23H30N2O2. The third-order valence-electron chi connectivity index (χ3n) is 5.37. The Kier molecular flexibility index (Phi) is 6.51. The van der Waals surface area contributed by atoms with Crippen LogP contribution in [0.15, 0.2) is 48.5 Å². The van der Waals surface area contributed by atoms with Crippen molar-refractivity contribution >= 4 is 11.6 Å². The Labute approximate surface area is 162 Å². The molecular weight excluding hydrogens is 336 g/mol. The molecule has 1 aliphatic heterocycles. The van der Waals surface area contributed by atoms with E-state index >= 15 is 0 Å². The zero-order chi connectivity index (χ0) is 19.2. The minimum Gasteiger partial charge on any atom is -0.497 e. The van der Waals surface area contributed by atoms with Gasteiger partial charge in [-0.05, 0) is 49.6 Å². The first-order valence-corrected chi connectivity index (χ1v) is 9.84. The number of rotatable bonds is 6. The third kappa shape index (κ3) is 4.89. The van der Waals surface area contributed by atoms with E-state index in [-0.39, 0.29) is 11.9 Å². The second-order valence-electron chi connectivity index (χ2n) is 7.31. The average Bonchev–Trinajstić information content (AvgIpc) is 2.71. The molecule has 1 saturated heterocycles. The summed E-state index contributed by atoms with van der Waals surface area (Å²) in [6, 6.07) is 16.9. The number of carbonyl (C=O) groups excluding carboxylic acids is 1. The number of hydrogen-bond acceptors (Lipinski definition) is 3. The molecule has 0 radical (unpaired) electrons. The van der Waals surface area contributed by atoms with Crippen LogP contribution in [0, 0.1) is 6.92 Å². The van der Waals surface area contributed by atoms with Crippen molar-refractivity contribution < 1.29 is 9.53 Å². The van der Waals surface area contributed by atoms with Crippen molar-refractivity contribution in [2.45, 2.75) is 45.7 Å². The second kappa shape index (κ2) is 9.05. The first-order chi connectivity index (χ1) is 13.1. The van der Waals surface area contributed by atoms with Crippen molar-refractivity contribution in [1.29, 1.82) is 0 Å². The lowest BCUT2D eigenvalue weighted by Gasteiger charge is -2.38. The van der Waals surface area contributed by atoms with Crippen molar-refractivity contribution in [2.75, 3.05) is 25.1 Å². The summed E-state index contributed by atoms with van der Waals surface area (Å²) < 4.78 is 5.23. The van der Waals surface area contributed by atoms with Gasteiger partial charge >= 0.3 is 0 Å². The normalized spacial score (nSPS) is 15.5. The van der Waals surface area contributed by atoms with Crippen LogP contribution in [-0.2, 0) is 11.3 Å². The van der Waals surface area contributed by atoms with Crippen molar-refractivity contribution in [3.63, 3.8) is 0 Å². The van der Waals surface area contributed by atoms with Crippen LogP contribution in [-0.4, -0.2) is 37.0 Å². The van der Waals surface area contributed by atoms with Gasteiger partial charge in [0.25, 0.3) is 0 Å². The molecule has 0 bridgehead atoms. The van der Waals surface area contributed by atoms with Crippen LogP contribution in [0.4, 0.5) is 5.69 Å². The molecule has 0 unspecified atom stereocenters. The number of aryl methyl sites for hydroxylation is 1. The van der Waals surface area contributed by atoms with E-state index in [0.717, 1.165) is 43.9 Å². The molecule has 1 heterocycles. The summed E-state index contributed by atoms with van der Waals surface area (Å²) in [4.78, 5) is 17.1. The molecule has 1 amide bonds. The van der Waals surface area contributed by atoms with Crippen LogP contribution >= 0.6 is 0 Å². The fraction of sp³-hybridized carbons (Fsp3) is 0.435. The number of amides is 1. The van der Waals surface area contributed by atoms with Gasteiger partial charge in [0, 0.05) is 37.8 Å². The number of nitrogens with zero attached hydrogens (tertiary/aromatic N) is 2. The minimum atomic E-state index is 0.215. The standard InChI is InChI=1S/C23H30N2O2/c1-4-23(26)25(20-9-5-18(2)6-10-20)21-13-15-24(16-14-21)17-19-7-11-22(27-3)12-8-19/h5-12,21H,4,13-17H2,1-3H3. The van der Waals surface area contributed by atoms with Crippen LogP contribution in [0.1, 0.15) is 37.3 Å². The Morgan fingerprint density at radius 2 is 1.70 bits per heavy atom. The summed E-state index contributed by atoms with van der Waals surface area (Å²) in [5.74, 6) is 1.11. The largest absolute Gasteiger partial charge is 0.497 e. The molecule has 2 aromatic rings. The fourth-order valence-electron chi connectivity index (χ4n) is 3.76. The van der Waals surface area contributed by atoms with Gasteiger partial charge in [0.2, 0.25) is 5.91 Å². The van der Waals surface area contributed by atoms with Gasteiger partial charge in [0.1, 0.15) is 5.75 Å². The summed E-state index contributed by atoms with van der Waals surface area (Å²) in [6.07, 6.45) is 2.56. The second-order valence-corrected chi connectivity index (χ2v) is 7.31. The van der Waals surface area contributed by atoms with E-state index in [1.165, 1.54) is 11.1 Å². The lowest BCUT2D eigenvalue weighted by atomic mass is 10.0. The van der Waals surface area contributed by atoms with Gasteiger partial charge in [-0.15, -0.1) is 0 Å². The molecule has 0 saturated carbocycles. The van der Waals surface area contributed by atoms with E-state index in [1.54, 1.807) is 7.11 Å². The van der Waals surface area contributed by atoms with E-state index < -0.39 is 0 Å². The zero-order valence-electron chi connectivity index (χ0n) is 16.6. The van der Waals surface area contributed by atoms with E-state index in [0.29, 0.717) is 6.42 Å². The van der Waals surface area contributed by atoms with E-state index in [1.807, 2.05) is 24.0 Å². The zero-order valence-corrected chi connectivity index (χ0v) is 16.6. The molecule has 3 rings (SSSR count). The van der Waals surface area contributed by atoms with Crippen molar-refractivity contribution in [1.82, 2.24) is 4.90 Å². The van der Waals surface area contributed by atoms with E-state index in [4.69, 9.17) is 4.74 Å². The number of likely N-dealkylation sites (tertiary alicyclic amines) is 1. The van der Waals surface area contributed by atoms with Crippen molar-refractivity contribution in [2.24, 2.45) is 0 Å². The first-order valence-electron chi connectivity index (χ1n) is 9.84. The molecule has 1 fully saturated rings. The van der Waals surface area contributed by atoms with Gasteiger partial charge in [0.15, 0.2) is 0 Å². The number of methoxy groups -OCH3 is 1. The molecule has 27 heavy (non-hydrogen) atoms. The van der Waals surface area contributed by atoms with Gasteiger partial charge in [-0.2, -0.15) is 0 Å². The average molecular weight is 367 g/mol. The Bertz CT molecular complexity index is 732. The van der Waals surface area contributed by atoms with E-state index in [2.05, 4.69) is 48.2 Å². The summed E-state index contributed by atoms with van der Waals surface area (Å²) in [5.41, 5.74) is 3.55. The summed E-state index contributed by atoms with van der Waals surface area (Å²) in [7, 11) is 1.69. The number of ether oxygens (including phenoxy) is 1. The molecule has 0 aromatic heterocycles. The summed E-state index contributed by atoms with van der Waals surface area (Å²) in [5, 5.41) is 0. The van der Waals surface area contributed by atoms with Crippen LogP contribution in [0.2, 0.25) is 0 Å². The van der Waals surface area contributed by atoms with Gasteiger partial charge < -0.3 is 9.64 Å². The number of benzene rings is 2. The predicted molar refractivity (Wildman–Crippen MR) is 110 cm³/mol. The number of hydrogen-bond donors (Lipinski definition) is 0. The minimum absolute atomic E-state index is 0.215. The molecule has 0 aliphatic carbocycles. The van der Waals surface area contributed by atoms with Crippen molar-refractivity contribution in [3.05, 3.63) is 59.7 Å². The highest BCUT2D eigenvalue weighted by molar-refractivity contribution is 5.93. The van der Waals surface area contributed by atoms with Gasteiger partial charge in [-0.1, -0.05) is 36.8 Å². The first kappa shape index (κ1) is 19.4. The summed E-state index contributed by atoms with van der Waals surface area (Å²) >= 11 is 0. The molecule has 4 nitrogen and oxygen atoms in total. The smallest absolute Gasteiger partial charge is 0.226 e. The Morgan fingerprint density at radius 1 is 1.07 bits per heavy atom. The number of piperidine rings is 1. The molecule has 0 N–H and O–H groups in total. The van der Waals surface area contributed by atoms with Crippen LogP contribution < -0.4 is 9.64 Å². The third-order valence-corrected chi connectivity index (χ3v) is 5.37. The summed E-state index contributed by atoms with van der Waals surface area (Å²) in [6.45, 7) is 6.99. The van der Waals surface area contributed by atoms with E-state index in [9.17, 15) is 4.79 Å². The maximum atomic E-state index is 12.6. The molecule has 144 valence electrons. The van der Waals surface area contributed by atoms with Crippen molar-refractivity contribution in [3.8, 4) is 5.75 Å². The maximum absolute atomic E-state index is 12.6. The van der Waals surface area contributed by atoms with Crippen LogP contribution in [0.5, 0.6) is 5.75 Å². The Hall–Kier alpha value is -2.33. The maximum Gasteiger partial charge on any atom is 0.226 e. The van der Waals surface area contributed by atoms with Crippen LogP contribution in [0.3, 0.4) is 0 Å². The number of anilines is 1. The molecule has 1 aliphatic rings. The quantitative estimate of drug-likeness (QED) is 0.759. The topological polar surface area (TPSA) is 32.8 Å². The molecule has 0 atom stereocenters. The highest BCUT2D eigenvalue weighted by Crippen LogP contribution is 2.26. The van der Waals surface area contributed by atoms with Gasteiger partial charge in [-0.3, -0.25) is 9.69 Å². The highest BCUT2D eigenvalue weighted by Gasteiger charge is 2.28. The monoisotopic (exact) mass is 366 g/mol. The van der Waals surface area contributed by atoms with Gasteiger partial charge in [-0.25, -0.2) is 0 Å². The molecule has 4 heteroatoms. The lowest BCUT2D eigenvalue weighted by Crippen LogP contribution is -2.47. The van der Waals surface area contributed by atoms with Gasteiger partial charge in [0.05, 0.1) is 7.11 Å². The predicted octanol–water partition coefficient (Wildman–Crippen LogP) is 4.41. The Morgan fingerprint density at radius 3 is 2.26 bits per heavy atom. The molecule has 2 aromatic carbocycles. The highest BCUT2D eigenvalue weighted by atomic mass is 16.5.